The number of hydrogen-bond donors (Lipinski definition) is 0. The average Bonchev–Trinajstić information content (AvgIpc) is 2.33. The molecule has 1 aromatic carbocycles. The Hall–Kier alpha value is -1.21. The van der Waals surface area contributed by atoms with E-state index < -0.39 is 37.1 Å². The molecule has 0 saturated heterocycles. The van der Waals surface area contributed by atoms with Crippen molar-refractivity contribution >= 4 is 25.7 Å². The first kappa shape index (κ1) is 16.8. The summed E-state index contributed by atoms with van der Waals surface area (Å²) >= 11 is 0. The molecule has 0 spiro atoms. The molecule has 0 saturated carbocycles. The van der Waals surface area contributed by atoms with Crippen molar-refractivity contribution in [2.75, 3.05) is 6.61 Å². The van der Waals surface area contributed by atoms with Gasteiger partial charge in [0.15, 0.2) is 5.82 Å². The van der Waals surface area contributed by atoms with Gasteiger partial charge >= 0.3 is 5.97 Å². The average molecular weight is 327 g/mol. The molecule has 0 radical (unpaired) electrons. The number of esters is 1. The van der Waals surface area contributed by atoms with Crippen molar-refractivity contribution in [2.45, 2.75) is 31.1 Å². The molecule has 8 heteroatoms. The summed E-state index contributed by atoms with van der Waals surface area (Å²) in [5.41, 5.74) is -1.05. The Morgan fingerprint density at radius 3 is 2.50 bits per heavy atom. The van der Waals surface area contributed by atoms with Crippen molar-refractivity contribution in [1.29, 1.82) is 0 Å². The van der Waals surface area contributed by atoms with Gasteiger partial charge in [-0.05, 0) is 18.6 Å². The first-order valence-electron chi connectivity index (χ1n) is 5.88. The van der Waals surface area contributed by atoms with Gasteiger partial charge in [0, 0.05) is 10.7 Å². The maximum atomic E-state index is 13.9. The van der Waals surface area contributed by atoms with Gasteiger partial charge < -0.3 is 4.74 Å². The van der Waals surface area contributed by atoms with Crippen molar-refractivity contribution in [3.8, 4) is 0 Å². The van der Waals surface area contributed by atoms with E-state index in [0.29, 0.717) is 18.6 Å². The molecule has 0 amide bonds. The molecule has 0 bridgehead atoms. The van der Waals surface area contributed by atoms with Gasteiger partial charge in [-0.3, -0.25) is 0 Å². The van der Waals surface area contributed by atoms with Gasteiger partial charge in [-0.2, -0.15) is 0 Å². The van der Waals surface area contributed by atoms with Gasteiger partial charge in [0.25, 0.3) is 9.05 Å². The summed E-state index contributed by atoms with van der Waals surface area (Å²) in [6, 6.07) is 1.31. The van der Waals surface area contributed by atoms with Gasteiger partial charge in [0.2, 0.25) is 0 Å². The van der Waals surface area contributed by atoms with Crippen LogP contribution in [0.5, 0.6) is 0 Å². The van der Waals surface area contributed by atoms with Crippen LogP contribution < -0.4 is 0 Å². The van der Waals surface area contributed by atoms with Crippen molar-refractivity contribution in [3.05, 3.63) is 29.3 Å². The van der Waals surface area contributed by atoms with E-state index in [-0.39, 0.29) is 6.61 Å². The van der Waals surface area contributed by atoms with Crippen LogP contribution in [-0.4, -0.2) is 21.0 Å². The number of carbonyl (C=O) groups is 1. The zero-order valence-electron chi connectivity index (χ0n) is 10.7. The summed E-state index contributed by atoms with van der Waals surface area (Å²) in [5.74, 6) is -3.99. The quantitative estimate of drug-likeness (QED) is 0.457. The Morgan fingerprint density at radius 2 is 1.95 bits per heavy atom. The van der Waals surface area contributed by atoms with Crippen LogP contribution in [0.3, 0.4) is 0 Å². The topological polar surface area (TPSA) is 60.4 Å². The summed E-state index contributed by atoms with van der Waals surface area (Å²) in [6.45, 7) is 1.94. The van der Waals surface area contributed by atoms with Crippen LogP contribution in [0.4, 0.5) is 8.78 Å². The molecule has 112 valence electrons. The van der Waals surface area contributed by atoms with Crippen LogP contribution in [-0.2, 0) is 13.8 Å². The Balaban J connectivity index is 3.03. The molecule has 20 heavy (non-hydrogen) atoms. The number of halogens is 3. The molecule has 1 aromatic rings. The number of hydrogen-bond acceptors (Lipinski definition) is 4. The lowest BCUT2D eigenvalue weighted by Crippen LogP contribution is -2.13. The van der Waals surface area contributed by atoms with Crippen LogP contribution in [0.15, 0.2) is 17.0 Å². The number of carbonyl (C=O) groups excluding carboxylic acids is 1. The Bertz CT molecular complexity index is 602. The number of ether oxygens (including phenoxy) is 1. The molecule has 1 rings (SSSR count). The van der Waals surface area contributed by atoms with Crippen LogP contribution in [0, 0.1) is 11.6 Å². The van der Waals surface area contributed by atoms with Gasteiger partial charge in [0.05, 0.1) is 6.61 Å². The van der Waals surface area contributed by atoms with Gasteiger partial charge in [-0.15, -0.1) is 0 Å². The third-order valence-electron chi connectivity index (χ3n) is 2.50. The number of rotatable bonds is 6. The fourth-order valence-electron chi connectivity index (χ4n) is 1.50. The lowest BCUT2D eigenvalue weighted by atomic mass is 10.2. The highest BCUT2D eigenvalue weighted by molar-refractivity contribution is 8.13. The Kier molecular flexibility index (Phi) is 5.88. The summed E-state index contributed by atoms with van der Waals surface area (Å²) in [6.07, 6.45) is 2.24. The summed E-state index contributed by atoms with van der Waals surface area (Å²) in [4.78, 5) is 10.6. The minimum atomic E-state index is -4.41. The first-order valence-corrected chi connectivity index (χ1v) is 8.19. The predicted octanol–water partition coefficient (Wildman–Crippen LogP) is 3.24. The molecule has 0 aliphatic heterocycles. The van der Waals surface area contributed by atoms with Gasteiger partial charge in [-0.25, -0.2) is 22.0 Å². The van der Waals surface area contributed by atoms with E-state index >= 15 is 0 Å². The van der Waals surface area contributed by atoms with E-state index in [2.05, 4.69) is 0 Å². The zero-order valence-corrected chi connectivity index (χ0v) is 12.2. The molecule has 0 atom stereocenters. The SMILES string of the molecule is CCCCCOC(=O)c1c(F)ccc(S(=O)(=O)Cl)c1F. The van der Waals surface area contributed by atoms with E-state index in [0.717, 1.165) is 12.8 Å². The molecule has 0 aliphatic rings. The molecule has 0 N–H and O–H groups in total. The molecule has 0 aliphatic carbocycles. The molecule has 0 aromatic heterocycles. The predicted molar refractivity (Wildman–Crippen MR) is 69.2 cm³/mol. The normalized spacial score (nSPS) is 11.4. The van der Waals surface area contributed by atoms with Crippen LogP contribution >= 0.6 is 10.7 Å². The van der Waals surface area contributed by atoms with Crippen LogP contribution in [0.25, 0.3) is 0 Å². The third kappa shape index (κ3) is 4.14. The van der Waals surface area contributed by atoms with E-state index in [9.17, 15) is 22.0 Å². The van der Waals surface area contributed by atoms with Crippen molar-refractivity contribution < 1.29 is 26.7 Å². The van der Waals surface area contributed by atoms with E-state index in [1.807, 2.05) is 6.92 Å². The standard InChI is InChI=1S/C12H13ClF2O4S/c1-2-3-4-7-19-12(16)10-8(14)5-6-9(11(10)15)20(13,17)18/h5-6H,2-4,7H2,1H3. The first-order chi connectivity index (χ1) is 9.29. The van der Waals surface area contributed by atoms with E-state index in [1.165, 1.54) is 0 Å². The largest absolute Gasteiger partial charge is 0.462 e. The Morgan fingerprint density at radius 1 is 1.30 bits per heavy atom. The van der Waals surface area contributed by atoms with Crippen molar-refractivity contribution in [1.82, 2.24) is 0 Å². The van der Waals surface area contributed by atoms with Gasteiger partial charge in [-0.1, -0.05) is 19.8 Å². The van der Waals surface area contributed by atoms with Crippen molar-refractivity contribution in [3.63, 3.8) is 0 Å². The maximum Gasteiger partial charge on any atom is 0.344 e. The lowest BCUT2D eigenvalue weighted by molar-refractivity contribution is 0.0486. The second-order valence-corrected chi connectivity index (χ2v) is 6.55. The van der Waals surface area contributed by atoms with Crippen molar-refractivity contribution in [2.24, 2.45) is 0 Å². The summed E-state index contributed by atoms with van der Waals surface area (Å²) in [7, 11) is 0.583. The fourth-order valence-corrected chi connectivity index (χ4v) is 2.40. The summed E-state index contributed by atoms with van der Waals surface area (Å²) < 4.78 is 54.2. The monoisotopic (exact) mass is 326 g/mol. The second kappa shape index (κ2) is 6.99. The molecular weight excluding hydrogens is 314 g/mol. The molecule has 0 unspecified atom stereocenters. The molecule has 4 nitrogen and oxygen atoms in total. The Labute approximate surface area is 120 Å². The summed E-state index contributed by atoms with van der Waals surface area (Å²) in [5, 5.41) is 0. The highest BCUT2D eigenvalue weighted by atomic mass is 35.7. The molecular formula is C12H13ClF2O4S. The second-order valence-electron chi connectivity index (χ2n) is 4.02. The minimum absolute atomic E-state index is 0.00338. The van der Waals surface area contributed by atoms with Crippen LogP contribution in [0.2, 0.25) is 0 Å². The van der Waals surface area contributed by atoms with E-state index in [1.54, 1.807) is 0 Å². The smallest absolute Gasteiger partial charge is 0.344 e. The maximum absolute atomic E-state index is 13.9. The zero-order chi connectivity index (χ0) is 15.3. The number of benzene rings is 1. The van der Waals surface area contributed by atoms with Crippen LogP contribution in [0.1, 0.15) is 36.5 Å². The number of unbranched alkanes of at least 4 members (excludes halogenated alkanes) is 2. The van der Waals surface area contributed by atoms with Gasteiger partial charge in [0.1, 0.15) is 16.3 Å². The minimum Gasteiger partial charge on any atom is -0.462 e. The van der Waals surface area contributed by atoms with E-state index in [4.69, 9.17) is 15.4 Å². The lowest BCUT2D eigenvalue weighted by Gasteiger charge is -2.08. The third-order valence-corrected chi connectivity index (χ3v) is 3.84. The molecule has 0 fully saturated rings. The fraction of sp³-hybridized carbons (Fsp3) is 0.417. The highest BCUT2D eigenvalue weighted by Gasteiger charge is 2.26. The highest BCUT2D eigenvalue weighted by Crippen LogP contribution is 2.24. The molecule has 0 heterocycles.